The van der Waals surface area contributed by atoms with Gasteiger partial charge in [0.25, 0.3) is 5.56 Å². The summed E-state index contributed by atoms with van der Waals surface area (Å²) in [5, 5.41) is 3.36. The van der Waals surface area contributed by atoms with Gasteiger partial charge in [0.1, 0.15) is 17.1 Å². The van der Waals surface area contributed by atoms with Crippen LogP contribution in [0.1, 0.15) is 11.4 Å². The van der Waals surface area contributed by atoms with Crippen LogP contribution in [-0.4, -0.2) is 23.6 Å². The molecular weight excluding hydrogens is 378 g/mol. The van der Waals surface area contributed by atoms with Gasteiger partial charge in [0.15, 0.2) is 0 Å². The first-order valence-electron chi connectivity index (χ1n) is 9.63. The second-order valence-electron chi connectivity index (χ2n) is 6.94. The fourth-order valence-electron chi connectivity index (χ4n) is 3.46. The van der Waals surface area contributed by atoms with Crippen LogP contribution in [0.5, 0.6) is 11.5 Å². The summed E-state index contributed by atoms with van der Waals surface area (Å²) < 4.78 is 12.4. The molecule has 0 saturated carbocycles. The lowest BCUT2D eigenvalue weighted by Crippen LogP contribution is -2.18. The quantitative estimate of drug-likeness (QED) is 0.522. The molecule has 6 heteroatoms. The van der Waals surface area contributed by atoms with Gasteiger partial charge in [-0.15, -0.1) is 0 Å². The van der Waals surface area contributed by atoms with Crippen molar-refractivity contribution in [2.24, 2.45) is 0 Å². The average Bonchev–Trinajstić information content (AvgIpc) is 2.77. The first-order chi connectivity index (χ1) is 14.6. The number of anilines is 1. The van der Waals surface area contributed by atoms with Crippen molar-refractivity contribution in [1.82, 2.24) is 9.38 Å². The Hall–Kier alpha value is -3.80. The monoisotopic (exact) mass is 401 g/mol. The molecule has 30 heavy (non-hydrogen) atoms. The van der Waals surface area contributed by atoms with E-state index in [0.29, 0.717) is 17.9 Å². The minimum Gasteiger partial charge on any atom is -0.497 e. The van der Waals surface area contributed by atoms with Crippen molar-refractivity contribution in [3.05, 3.63) is 88.5 Å². The number of hydrogen-bond donors (Lipinski definition) is 1. The van der Waals surface area contributed by atoms with E-state index >= 15 is 0 Å². The second kappa shape index (κ2) is 8.29. The summed E-state index contributed by atoms with van der Waals surface area (Å²) in [6, 6.07) is 20.9. The molecule has 0 atom stereocenters. The average molecular weight is 401 g/mol. The van der Waals surface area contributed by atoms with Gasteiger partial charge in [-0.3, -0.25) is 9.20 Å². The van der Waals surface area contributed by atoms with Crippen molar-refractivity contribution in [1.29, 1.82) is 0 Å². The molecule has 1 N–H and O–H groups in total. The number of ether oxygens (including phenoxy) is 2. The van der Waals surface area contributed by atoms with Crippen LogP contribution < -0.4 is 20.3 Å². The zero-order valence-corrected chi connectivity index (χ0v) is 17.2. The van der Waals surface area contributed by atoms with E-state index in [1.54, 1.807) is 24.7 Å². The number of aryl methyl sites for hydroxylation is 1. The Morgan fingerprint density at radius 2 is 1.77 bits per heavy atom. The van der Waals surface area contributed by atoms with Crippen LogP contribution in [-0.2, 0) is 6.54 Å². The van der Waals surface area contributed by atoms with Gasteiger partial charge in [-0.1, -0.05) is 18.2 Å². The number of pyridine rings is 1. The Balaban J connectivity index is 1.61. The number of nitrogens with zero attached hydrogens (tertiary/aromatic N) is 2. The number of fused-ring (bicyclic) bond motifs is 1. The van der Waals surface area contributed by atoms with Gasteiger partial charge in [-0.25, -0.2) is 4.98 Å². The van der Waals surface area contributed by atoms with Crippen LogP contribution in [0.3, 0.4) is 0 Å². The lowest BCUT2D eigenvalue weighted by atomic mass is 10.0. The van der Waals surface area contributed by atoms with Gasteiger partial charge in [0, 0.05) is 23.0 Å². The number of benzene rings is 2. The van der Waals surface area contributed by atoms with E-state index in [4.69, 9.17) is 9.47 Å². The third kappa shape index (κ3) is 3.85. The molecule has 0 amide bonds. The number of hydrogen-bond acceptors (Lipinski definition) is 5. The second-order valence-corrected chi connectivity index (χ2v) is 6.94. The van der Waals surface area contributed by atoms with Gasteiger partial charge in [-0.2, -0.15) is 0 Å². The zero-order valence-electron chi connectivity index (χ0n) is 17.2. The van der Waals surface area contributed by atoms with Crippen LogP contribution in [0.15, 0.2) is 71.5 Å². The summed E-state index contributed by atoms with van der Waals surface area (Å²) in [5.74, 6) is 1.58. The van der Waals surface area contributed by atoms with Crippen molar-refractivity contribution in [2.45, 2.75) is 13.5 Å². The Kier molecular flexibility index (Phi) is 5.39. The summed E-state index contributed by atoms with van der Waals surface area (Å²) in [4.78, 5) is 17.1. The van der Waals surface area contributed by atoms with Gasteiger partial charge in [-0.05, 0) is 55.0 Å². The molecule has 0 spiro atoms. The van der Waals surface area contributed by atoms with Crippen LogP contribution in [0.25, 0.3) is 16.8 Å². The standard InChI is InChI=1S/C24H23N3O3/c1-16-5-4-6-23-26-19(14-24(28)27(16)23)15-25-18-9-12-22(30-3)21(13-18)17-7-10-20(29-2)11-8-17/h4-14,25H,15H2,1-3H3. The van der Waals surface area contributed by atoms with E-state index in [-0.39, 0.29) is 5.56 Å². The van der Waals surface area contributed by atoms with Crippen LogP contribution in [0.2, 0.25) is 0 Å². The fourth-order valence-corrected chi connectivity index (χ4v) is 3.46. The highest BCUT2D eigenvalue weighted by Gasteiger charge is 2.09. The fraction of sp³-hybridized carbons (Fsp3) is 0.167. The number of rotatable bonds is 6. The normalized spacial score (nSPS) is 10.8. The van der Waals surface area contributed by atoms with Gasteiger partial charge >= 0.3 is 0 Å². The highest BCUT2D eigenvalue weighted by molar-refractivity contribution is 5.75. The SMILES string of the molecule is COc1ccc(-c2cc(NCc3cc(=O)n4c(C)cccc4n3)ccc2OC)cc1. The molecule has 0 radical (unpaired) electrons. The highest BCUT2D eigenvalue weighted by atomic mass is 16.5. The van der Waals surface area contributed by atoms with Crippen molar-refractivity contribution in [3.63, 3.8) is 0 Å². The molecule has 152 valence electrons. The molecule has 0 aliphatic rings. The maximum absolute atomic E-state index is 12.5. The molecule has 0 bridgehead atoms. The summed E-state index contributed by atoms with van der Waals surface area (Å²) in [5.41, 5.74) is 5.02. The van der Waals surface area contributed by atoms with Crippen molar-refractivity contribution in [3.8, 4) is 22.6 Å². The van der Waals surface area contributed by atoms with E-state index < -0.39 is 0 Å². The summed E-state index contributed by atoms with van der Waals surface area (Å²) in [6.45, 7) is 2.33. The van der Waals surface area contributed by atoms with E-state index in [1.807, 2.05) is 67.6 Å². The summed E-state index contributed by atoms with van der Waals surface area (Å²) >= 11 is 0. The lowest BCUT2D eigenvalue weighted by Gasteiger charge is -2.13. The third-order valence-corrected chi connectivity index (χ3v) is 5.01. The predicted octanol–water partition coefficient (Wildman–Crippen LogP) is 4.30. The topological polar surface area (TPSA) is 64.9 Å². The Labute approximate surface area is 174 Å². The Morgan fingerprint density at radius 3 is 2.50 bits per heavy atom. The number of methoxy groups -OCH3 is 2. The van der Waals surface area contributed by atoms with Crippen molar-refractivity contribution < 1.29 is 9.47 Å². The van der Waals surface area contributed by atoms with Crippen molar-refractivity contribution >= 4 is 11.3 Å². The van der Waals surface area contributed by atoms with Crippen molar-refractivity contribution in [2.75, 3.05) is 19.5 Å². The maximum Gasteiger partial charge on any atom is 0.258 e. The molecule has 0 fully saturated rings. The Morgan fingerprint density at radius 1 is 0.967 bits per heavy atom. The highest BCUT2D eigenvalue weighted by Crippen LogP contribution is 2.33. The Bertz CT molecular complexity index is 1250. The molecule has 4 aromatic rings. The van der Waals surface area contributed by atoms with Gasteiger partial charge < -0.3 is 14.8 Å². The van der Waals surface area contributed by atoms with Crippen LogP contribution >= 0.6 is 0 Å². The van der Waals surface area contributed by atoms with Crippen LogP contribution in [0, 0.1) is 6.92 Å². The lowest BCUT2D eigenvalue weighted by molar-refractivity contribution is 0.414. The van der Waals surface area contributed by atoms with Gasteiger partial charge in [0.05, 0.1) is 26.5 Å². The smallest absolute Gasteiger partial charge is 0.258 e. The van der Waals surface area contributed by atoms with Gasteiger partial charge in [0.2, 0.25) is 0 Å². The molecule has 0 aliphatic heterocycles. The van der Waals surface area contributed by atoms with E-state index in [2.05, 4.69) is 10.3 Å². The number of nitrogens with one attached hydrogen (secondary N) is 1. The molecule has 6 nitrogen and oxygen atoms in total. The van der Waals surface area contributed by atoms with Crippen LogP contribution in [0.4, 0.5) is 5.69 Å². The zero-order chi connectivity index (χ0) is 21.1. The molecule has 2 aromatic heterocycles. The first-order valence-corrected chi connectivity index (χ1v) is 9.63. The largest absolute Gasteiger partial charge is 0.497 e. The molecule has 2 aromatic carbocycles. The maximum atomic E-state index is 12.5. The molecular formula is C24H23N3O3. The van der Waals surface area contributed by atoms with E-state index in [9.17, 15) is 4.79 Å². The molecule has 0 saturated heterocycles. The minimum absolute atomic E-state index is 0.0800. The van der Waals surface area contributed by atoms with E-state index in [0.717, 1.165) is 34.0 Å². The molecule has 2 heterocycles. The third-order valence-electron chi connectivity index (χ3n) is 5.01. The summed E-state index contributed by atoms with van der Waals surface area (Å²) in [7, 11) is 3.30. The predicted molar refractivity (Wildman–Crippen MR) is 119 cm³/mol. The first kappa shape index (κ1) is 19.5. The molecule has 0 unspecified atom stereocenters. The summed E-state index contributed by atoms with van der Waals surface area (Å²) in [6.07, 6.45) is 0. The minimum atomic E-state index is -0.0800. The molecule has 4 rings (SSSR count). The number of aromatic nitrogens is 2. The molecule has 0 aliphatic carbocycles. The van der Waals surface area contributed by atoms with E-state index in [1.165, 1.54) is 0 Å².